The maximum Gasteiger partial charge on any atom is 0.251 e. The molecule has 1 amide bonds. The molecule has 1 atom stereocenters. The van der Waals surface area contributed by atoms with Crippen molar-refractivity contribution >= 4 is 5.91 Å². The number of carbonyl (C=O) groups excluding carboxylic acids is 1. The van der Waals surface area contributed by atoms with Gasteiger partial charge in [0.1, 0.15) is 0 Å². The van der Waals surface area contributed by atoms with E-state index < -0.39 is 0 Å². The number of rotatable bonds is 2. The molecule has 0 spiro atoms. The highest BCUT2D eigenvalue weighted by Gasteiger charge is 2.18. The third-order valence-electron chi connectivity index (χ3n) is 3.24. The van der Waals surface area contributed by atoms with E-state index in [1.165, 1.54) is 0 Å². The van der Waals surface area contributed by atoms with Gasteiger partial charge in [0.2, 0.25) is 0 Å². The molecule has 0 aromatic heterocycles. The predicted octanol–water partition coefficient (Wildman–Crippen LogP) is 1.40. The van der Waals surface area contributed by atoms with E-state index in [9.17, 15) is 4.79 Å². The molecule has 0 saturated carbocycles. The van der Waals surface area contributed by atoms with Gasteiger partial charge >= 0.3 is 0 Å². The number of carbonyl (C=O) groups is 1. The number of hydrogen-bond donors (Lipinski definition) is 2. The molecule has 0 aliphatic carbocycles. The van der Waals surface area contributed by atoms with Crippen LogP contribution in [0.3, 0.4) is 0 Å². The molecule has 0 radical (unpaired) electrons. The second kappa shape index (κ2) is 4.66. The minimum atomic E-state index is 0.0508. The summed E-state index contributed by atoms with van der Waals surface area (Å²) in [6.45, 7) is 5.91. The van der Waals surface area contributed by atoms with E-state index in [0.29, 0.717) is 0 Å². The summed E-state index contributed by atoms with van der Waals surface area (Å²) in [5.74, 6) is 0.0508. The summed E-state index contributed by atoms with van der Waals surface area (Å²) in [7, 11) is 0. The van der Waals surface area contributed by atoms with Gasteiger partial charge in [0.15, 0.2) is 0 Å². The zero-order valence-electron chi connectivity index (χ0n) is 9.84. The maximum absolute atomic E-state index is 12.0. The van der Waals surface area contributed by atoms with Crippen molar-refractivity contribution in [1.29, 1.82) is 0 Å². The largest absolute Gasteiger partial charge is 0.348 e. The van der Waals surface area contributed by atoms with Crippen molar-refractivity contribution in [2.75, 3.05) is 13.1 Å². The molecule has 1 unspecified atom stereocenters. The minimum Gasteiger partial charge on any atom is -0.348 e. The first kappa shape index (κ1) is 11.1. The SMILES string of the molecule is Cc1cccc(C(=O)NC2CCNC2)c1C. The van der Waals surface area contributed by atoms with Crippen LogP contribution in [0.4, 0.5) is 0 Å². The second-order valence-corrected chi connectivity index (χ2v) is 4.41. The third kappa shape index (κ3) is 2.25. The third-order valence-corrected chi connectivity index (χ3v) is 3.24. The number of benzene rings is 1. The van der Waals surface area contributed by atoms with Gasteiger partial charge in [0.25, 0.3) is 5.91 Å². The molecule has 1 heterocycles. The standard InChI is InChI=1S/C13H18N2O/c1-9-4-3-5-12(10(9)2)13(16)15-11-6-7-14-8-11/h3-5,11,14H,6-8H2,1-2H3,(H,15,16). The number of amides is 1. The Morgan fingerprint density at radius 3 is 2.94 bits per heavy atom. The van der Waals surface area contributed by atoms with Crippen molar-refractivity contribution in [1.82, 2.24) is 10.6 Å². The lowest BCUT2D eigenvalue weighted by molar-refractivity contribution is 0.0939. The molecule has 1 aliphatic heterocycles. The Labute approximate surface area is 96.2 Å². The first-order valence-electron chi connectivity index (χ1n) is 5.76. The summed E-state index contributed by atoms with van der Waals surface area (Å²) < 4.78 is 0. The van der Waals surface area contributed by atoms with Gasteiger partial charge < -0.3 is 10.6 Å². The Bertz CT molecular complexity index is 395. The van der Waals surface area contributed by atoms with Crippen LogP contribution in [0.5, 0.6) is 0 Å². The van der Waals surface area contributed by atoms with E-state index in [1.54, 1.807) is 0 Å². The molecule has 16 heavy (non-hydrogen) atoms. The number of nitrogens with one attached hydrogen (secondary N) is 2. The summed E-state index contributed by atoms with van der Waals surface area (Å²) in [5, 5.41) is 6.30. The fourth-order valence-corrected chi connectivity index (χ4v) is 2.04. The van der Waals surface area contributed by atoms with Crippen LogP contribution in [-0.4, -0.2) is 25.0 Å². The van der Waals surface area contributed by atoms with Gasteiger partial charge in [-0.15, -0.1) is 0 Å². The van der Waals surface area contributed by atoms with Crippen LogP contribution in [0, 0.1) is 13.8 Å². The second-order valence-electron chi connectivity index (χ2n) is 4.41. The summed E-state index contributed by atoms with van der Waals surface area (Å²) in [6.07, 6.45) is 1.02. The minimum absolute atomic E-state index is 0.0508. The van der Waals surface area contributed by atoms with Crippen LogP contribution in [0.2, 0.25) is 0 Å². The molecule has 1 fully saturated rings. The molecule has 1 aromatic rings. The highest BCUT2D eigenvalue weighted by atomic mass is 16.1. The van der Waals surface area contributed by atoms with Gasteiger partial charge in [-0.2, -0.15) is 0 Å². The Balaban J connectivity index is 2.11. The average Bonchev–Trinajstić information content (AvgIpc) is 2.74. The zero-order chi connectivity index (χ0) is 11.5. The highest BCUT2D eigenvalue weighted by Crippen LogP contribution is 2.13. The van der Waals surface area contributed by atoms with Crippen LogP contribution in [0.15, 0.2) is 18.2 Å². The molecule has 3 nitrogen and oxygen atoms in total. The molecule has 86 valence electrons. The monoisotopic (exact) mass is 218 g/mol. The summed E-state index contributed by atoms with van der Waals surface area (Å²) in [5.41, 5.74) is 3.04. The first-order chi connectivity index (χ1) is 7.68. The smallest absolute Gasteiger partial charge is 0.251 e. The fourth-order valence-electron chi connectivity index (χ4n) is 2.04. The summed E-state index contributed by atoms with van der Waals surface area (Å²) in [6, 6.07) is 6.14. The molecule has 1 aromatic carbocycles. The summed E-state index contributed by atoms with van der Waals surface area (Å²) in [4.78, 5) is 12.0. The molecular formula is C13H18N2O. The van der Waals surface area contributed by atoms with Crippen molar-refractivity contribution in [3.63, 3.8) is 0 Å². The lowest BCUT2D eigenvalue weighted by Crippen LogP contribution is -2.36. The van der Waals surface area contributed by atoms with Crippen molar-refractivity contribution in [2.45, 2.75) is 26.3 Å². The van der Waals surface area contributed by atoms with Gasteiger partial charge in [-0.3, -0.25) is 4.79 Å². The van der Waals surface area contributed by atoms with Gasteiger partial charge in [-0.1, -0.05) is 12.1 Å². The van der Waals surface area contributed by atoms with E-state index in [-0.39, 0.29) is 11.9 Å². The molecular weight excluding hydrogens is 200 g/mol. The summed E-state index contributed by atoms with van der Waals surface area (Å²) >= 11 is 0. The van der Waals surface area contributed by atoms with E-state index >= 15 is 0 Å². The lowest BCUT2D eigenvalue weighted by Gasteiger charge is -2.13. The molecule has 2 rings (SSSR count). The van der Waals surface area contributed by atoms with Crippen LogP contribution in [0.25, 0.3) is 0 Å². The molecule has 0 bridgehead atoms. The number of hydrogen-bond acceptors (Lipinski definition) is 2. The van der Waals surface area contributed by atoms with E-state index in [0.717, 1.165) is 36.2 Å². The fraction of sp³-hybridized carbons (Fsp3) is 0.462. The normalized spacial score (nSPS) is 19.8. The Morgan fingerprint density at radius 1 is 1.44 bits per heavy atom. The molecule has 1 aliphatic rings. The average molecular weight is 218 g/mol. The molecule has 2 N–H and O–H groups in total. The van der Waals surface area contributed by atoms with Crippen LogP contribution in [0.1, 0.15) is 27.9 Å². The Hall–Kier alpha value is -1.35. The Morgan fingerprint density at radius 2 is 2.25 bits per heavy atom. The quantitative estimate of drug-likeness (QED) is 0.787. The van der Waals surface area contributed by atoms with E-state index in [2.05, 4.69) is 10.6 Å². The van der Waals surface area contributed by atoms with E-state index in [4.69, 9.17) is 0 Å². The van der Waals surface area contributed by atoms with Gasteiger partial charge in [-0.05, 0) is 44.0 Å². The van der Waals surface area contributed by atoms with Gasteiger partial charge in [-0.25, -0.2) is 0 Å². The first-order valence-corrected chi connectivity index (χ1v) is 5.76. The van der Waals surface area contributed by atoms with Crippen molar-refractivity contribution in [3.8, 4) is 0 Å². The Kier molecular flexibility index (Phi) is 3.25. The maximum atomic E-state index is 12.0. The highest BCUT2D eigenvalue weighted by molar-refractivity contribution is 5.96. The van der Waals surface area contributed by atoms with Gasteiger partial charge in [0, 0.05) is 18.2 Å². The molecule has 1 saturated heterocycles. The van der Waals surface area contributed by atoms with E-state index in [1.807, 2.05) is 32.0 Å². The molecule has 3 heteroatoms. The topological polar surface area (TPSA) is 41.1 Å². The number of aryl methyl sites for hydroxylation is 1. The van der Waals surface area contributed by atoms with Crippen molar-refractivity contribution in [2.24, 2.45) is 0 Å². The van der Waals surface area contributed by atoms with Crippen LogP contribution < -0.4 is 10.6 Å². The van der Waals surface area contributed by atoms with Crippen molar-refractivity contribution in [3.05, 3.63) is 34.9 Å². The van der Waals surface area contributed by atoms with Gasteiger partial charge in [0.05, 0.1) is 0 Å². The predicted molar refractivity (Wildman–Crippen MR) is 64.7 cm³/mol. The van der Waals surface area contributed by atoms with Crippen LogP contribution >= 0.6 is 0 Å². The van der Waals surface area contributed by atoms with Crippen LogP contribution in [-0.2, 0) is 0 Å². The lowest BCUT2D eigenvalue weighted by atomic mass is 10.0. The van der Waals surface area contributed by atoms with Crippen molar-refractivity contribution < 1.29 is 4.79 Å². The zero-order valence-corrected chi connectivity index (χ0v) is 9.84.